The molecule has 0 unspecified atom stereocenters. The minimum Gasteiger partial charge on any atom is -0.322 e. The Labute approximate surface area is 192 Å². The van der Waals surface area contributed by atoms with E-state index in [9.17, 15) is 4.79 Å². The van der Waals surface area contributed by atoms with Gasteiger partial charge in [-0.15, -0.1) is 0 Å². The van der Waals surface area contributed by atoms with E-state index in [2.05, 4.69) is 44.1 Å². The van der Waals surface area contributed by atoms with Gasteiger partial charge in [0, 0.05) is 33.7 Å². The van der Waals surface area contributed by atoms with Crippen molar-refractivity contribution < 1.29 is 4.79 Å². The molecule has 0 radical (unpaired) electrons. The highest BCUT2D eigenvalue weighted by molar-refractivity contribution is 9.11. The highest BCUT2D eigenvalue weighted by Gasteiger charge is 2.10. The van der Waals surface area contributed by atoms with Gasteiger partial charge in [-0.25, -0.2) is 4.98 Å². The Balaban J connectivity index is 1.53. The summed E-state index contributed by atoms with van der Waals surface area (Å²) in [6.07, 6.45) is 7.31. The molecule has 2 heterocycles. The van der Waals surface area contributed by atoms with Gasteiger partial charge in [-0.2, -0.15) is 0 Å². The zero-order chi connectivity index (χ0) is 21.1. The summed E-state index contributed by atoms with van der Waals surface area (Å²) in [5.41, 5.74) is 5.28. The minimum absolute atomic E-state index is 0.115. The largest absolute Gasteiger partial charge is 0.322 e. The maximum Gasteiger partial charge on any atom is 0.255 e. The number of imidazole rings is 1. The van der Waals surface area contributed by atoms with Crippen molar-refractivity contribution in [3.05, 3.63) is 87.1 Å². The lowest BCUT2D eigenvalue weighted by Crippen LogP contribution is -2.11. The third-order valence-corrected chi connectivity index (χ3v) is 5.94. The number of aromatic nitrogens is 2. The van der Waals surface area contributed by atoms with Gasteiger partial charge in [-0.1, -0.05) is 37.6 Å². The molecule has 0 saturated heterocycles. The van der Waals surface area contributed by atoms with Gasteiger partial charge in [-0.3, -0.25) is 4.79 Å². The molecule has 30 heavy (non-hydrogen) atoms. The van der Waals surface area contributed by atoms with E-state index < -0.39 is 0 Å². The number of unbranched alkanes of at least 4 members (excludes halogenated alkanes) is 1. The first-order chi connectivity index (χ1) is 14.5. The zero-order valence-electron chi connectivity index (χ0n) is 16.5. The fourth-order valence-corrected chi connectivity index (χ4v) is 4.62. The van der Waals surface area contributed by atoms with Crippen molar-refractivity contribution in [2.75, 3.05) is 5.32 Å². The van der Waals surface area contributed by atoms with Crippen LogP contribution < -0.4 is 5.32 Å². The molecule has 4 rings (SSSR count). The third kappa shape index (κ3) is 4.65. The number of aryl methyl sites for hydroxylation is 1. The molecule has 6 heteroatoms. The molecule has 0 aliphatic carbocycles. The molecule has 152 valence electrons. The fourth-order valence-electron chi connectivity index (χ4n) is 3.33. The Hall–Kier alpha value is -2.44. The van der Waals surface area contributed by atoms with Crippen LogP contribution in [0.3, 0.4) is 0 Å². The molecule has 0 aliphatic heterocycles. The van der Waals surface area contributed by atoms with Crippen molar-refractivity contribution in [1.29, 1.82) is 0 Å². The molecule has 0 atom stereocenters. The Kier molecular flexibility index (Phi) is 6.35. The normalized spacial score (nSPS) is 11.0. The number of nitrogens with zero attached hydrogens (tertiary/aromatic N) is 2. The lowest BCUT2D eigenvalue weighted by molar-refractivity contribution is 0.102. The number of hydrogen-bond acceptors (Lipinski definition) is 2. The highest BCUT2D eigenvalue weighted by atomic mass is 79.9. The summed E-state index contributed by atoms with van der Waals surface area (Å²) in [4.78, 5) is 17.4. The van der Waals surface area contributed by atoms with Crippen LogP contribution in [0, 0.1) is 0 Å². The molecular formula is C24H21Br2N3O. The molecule has 1 N–H and O–H groups in total. The number of rotatable bonds is 6. The summed E-state index contributed by atoms with van der Waals surface area (Å²) < 4.78 is 3.84. The number of pyridine rings is 1. The van der Waals surface area contributed by atoms with Gasteiger partial charge >= 0.3 is 0 Å². The van der Waals surface area contributed by atoms with Gasteiger partial charge < -0.3 is 9.72 Å². The predicted octanol–water partition coefficient (Wildman–Crippen LogP) is 7.12. The smallest absolute Gasteiger partial charge is 0.255 e. The van der Waals surface area contributed by atoms with Crippen LogP contribution in [0.2, 0.25) is 0 Å². The molecule has 0 spiro atoms. The number of halogens is 2. The molecule has 0 fully saturated rings. The van der Waals surface area contributed by atoms with E-state index in [0.29, 0.717) is 5.56 Å². The molecule has 4 nitrogen and oxygen atoms in total. The Morgan fingerprint density at radius 1 is 1.07 bits per heavy atom. The number of carbonyl (C=O) groups is 1. The lowest BCUT2D eigenvalue weighted by Gasteiger charge is -2.07. The lowest BCUT2D eigenvalue weighted by atomic mass is 10.1. The number of amides is 1. The predicted molar refractivity (Wildman–Crippen MR) is 129 cm³/mol. The summed E-state index contributed by atoms with van der Waals surface area (Å²) in [6.45, 7) is 2.18. The van der Waals surface area contributed by atoms with E-state index in [1.54, 1.807) is 0 Å². The zero-order valence-corrected chi connectivity index (χ0v) is 19.7. The van der Waals surface area contributed by atoms with Crippen LogP contribution in [-0.4, -0.2) is 15.3 Å². The van der Waals surface area contributed by atoms with E-state index in [4.69, 9.17) is 4.98 Å². The molecule has 0 saturated carbocycles. The number of nitrogens with one attached hydrogen (secondary N) is 1. The second-order valence-electron chi connectivity index (χ2n) is 7.20. The van der Waals surface area contributed by atoms with Crippen LogP contribution in [0.5, 0.6) is 0 Å². The second-order valence-corrected chi connectivity index (χ2v) is 8.97. The molecule has 0 bridgehead atoms. The molecule has 4 aromatic rings. The van der Waals surface area contributed by atoms with Crippen molar-refractivity contribution in [2.24, 2.45) is 0 Å². The van der Waals surface area contributed by atoms with Crippen LogP contribution in [-0.2, 0) is 6.42 Å². The van der Waals surface area contributed by atoms with E-state index in [1.807, 2.05) is 71.4 Å². The summed E-state index contributed by atoms with van der Waals surface area (Å²) in [5, 5.41) is 2.99. The molecule has 2 aromatic carbocycles. The van der Waals surface area contributed by atoms with Crippen LogP contribution in [0.1, 0.15) is 35.7 Å². The second kappa shape index (κ2) is 9.14. The number of fused-ring (bicyclic) bond motifs is 1. The number of benzene rings is 2. The van der Waals surface area contributed by atoms with Crippen LogP contribution in [0.4, 0.5) is 5.69 Å². The molecule has 0 aliphatic rings. The minimum atomic E-state index is -0.115. The van der Waals surface area contributed by atoms with Gasteiger partial charge in [0.05, 0.1) is 10.2 Å². The number of carbonyl (C=O) groups excluding carboxylic acids is 1. The summed E-state index contributed by atoms with van der Waals surface area (Å²) in [5.74, 6) is -0.115. The van der Waals surface area contributed by atoms with Gasteiger partial charge in [0.1, 0.15) is 0 Å². The average molecular weight is 527 g/mol. The van der Waals surface area contributed by atoms with E-state index in [-0.39, 0.29) is 5.91 Å². The molecular weight excluding hydrogens is 506 g/mol. The summed E-state index contributed by atoms with van der Waals surface area (Å²) in [6, 6.07) is 17.6. The first-order valence-electron chi connectivity index (χ1n) is 9.88. The molecule has 2 aromatic heterocycles. The fraction of sp³-hybridized carbons (Fsp3) is 0.167. The Morgan fingerprint density at radius 3 is 2.63 bits per heavy atom. The maximum atomic E-state index is 12.7. The SMILES string of the molecule is CCCCc1ccc(C(=O)Nc2cccc(-c3cn4cc(Br)cc(Br)c4n3)c2)cc1. The van der Waals surface area contributed by atoms with E-state index in [1.165, 1.54) is 12.0 Å². The summed E-state index contributed by atoms with van der Waals surface area (Å²) in [7, 11) is 0. The highest BCUT2D eigenvalue weighted by Crippen LogP contribution is 2.27. The van der Waals surface area contributed by atoms with Crippen LogP contribution in [0.25, 0.3) is 16.9 Å². The first kappa shape index (κ1) is 20.8. The van der Waals surface area contributed by atoms with Crippen molar-refractivity contribution in [3.63, 3.8) is 0 Å². The van der Waals surface area contributed by atoms with Gasteiger partial charge in [0.2, 0.25) is 0 Å². The average Bonchev–Trinajstić information content (AvgIpc) is 3.17. The van der Waals surface area contributed by atoms with Crippen molar-refractivity contribution in [2.45, 2.75) is 26.2 Å². The van der Waals surface area contributed by atoms with Gasteiger partial charge in [0.25, 0.3) is 5.91 Å². The maximum absolute atomic E-state index is 12.7. The van der Waals surface area contributed by atoms with Crippen molar-refractivity contribution in [1.82, 2.24) is 9.38 Å². The topological polar surface area (TPSA) is 46.4 Å². The monoisotopic (exact) mass is 525 g/mol. The molecule has 1 amide bonds. The Morgan fingerprint density at radius 2 is 1.87 bits per heavy atom. The van der Waals surface area contributed by atoms with Gasteiger partial charge in [-0.05, 0) is 80.6 Å². The summed E-state index contributed by atoms with van der Waals surface area (Å²) >= 11 is 7.06. The van der Waals surface area contributed by atoms with Crippen molar-refractivity contribution >= 4 is 49.1 Å². The third-order valence-electron chi connectivity index (χ3n) is 4.92. The number of anilines is 1. The quantitative estimate of drug-likeness (QED) is 0.290. The van der Waals surface area contributed by atoms with Crippen LogP contribution in [0.15, 0.2) is 75.9 Å². The number of hydrogen-bond donors (Lipinski definition) is 1. The first-order valence-corrected chi connectivity index (χ1v) is 11.5. The van der Waals surface area contributed by atoms with E-state index >= 15 is 0 Å². The van der Waals surface area contributed by atoms with Gasteiger partial charge in [0.15, 0.2) is 5.65 Å². The van der Waals surface area contributed by atoms with E-state index in [0.717, 1.165) is 44.4 Å². The van der Waals surface area contributed by atoms with Crippen LogP contribution >= 0.6 is 31.9 Å². The standard InChI is InChI=1S/C24H21Br2N3O/c1-2-3-5-16-8-10-17(11-9-16)24(30)27-20-7-4-6-18(12-20)22-15-29-14-19(25)13-21(26)23(29)28-22/h4,6-15H,2-3,5H2,1H3,(H,27,30). The Bertz CT molecular complexity index is 1200. The van der Waals surface area contributed by atoms with Crippen molar-refractivity contribution in [3.8, 4) is 11.3 Å².